The van der Waals surface area contributed by atoms with Crippen LogP contribution < -0.4 is 15.9 Å². The Morgan fingerprint density at radius 2 is 2.00 bits per heavy atom. The fourth-order valence-corrected chi connectivity index (χ4v) is 3.39. The summed E-state index contributed by atoms with van der Waals surface area (Å²) in [5.41, 5.74) is 1.56. The summed E-state index contributed by atoms with van der Waals surface area (Å²) in [6, 6.07) is 10.2. The van der Waals surface area contributed by atoms with Crippen LogP contribution in [0.3, 0.4) is 0 Å². The molecule has 0 fully saturated rings. The Bertz CT molecular complexity index is 1280. The molecule has 30 heavy (non-hydrogen) atoms. The lowest BCUT2D eigenvalue weighted by molar-refractivity contribution is 0.314. The normalized spacial score (nSPS) is 11.6. The fraction of sp³-hybridized carbons (Fsp3) is 0.0556. The third-order valence-corrected chi connectivity index (χ3v) is 4.76. The van der Waals surface area contributed by atoms with Gasteiger partial charge in [0.2, 0.25) is 11.3 Å². The number of fused-ring (bicyclic) bond motifs is 1. The monoisotopic (exact) mass is 489 g/mol. The number of anilines is 2. The van der Waals surface area contributed by atoms with E-state index >= 15 is 0 Å². The second-order valence-electron chi connectivity index (χ2n) is 5.95. The lowest BCUT2D eigenvalue weighted by atomic mass is 10.0. The number of nitrogens with two attached hydrogens (primary N) is 1. The molecule has 0 saturated heterocycles. The molecule has 4 N–H and O–H groups in total. The molecule has 0 atom stereocenters. The van der Waals surface area contributed by atoms with Crippen LogP contribution in [0.25, 0.3) is 11.3 Å². The summed E-state index contributed by atoms with van der Waals surface area (Å²) in [5.74, 6) is 6.01. The van der Waals surface area contributed by atoms with E-state index in [4.69, 9.17) is 26.8 Å². The Kier molecular flexibility index (Phi) is 5.38. The van der Waals surface area contributed by atoms with E-state index in [1.165, 1.54) is 7.11 Å². The summed E-state index contributed by atoms with van der Waals surface area (Å²) in [5, 5.41) is 25.6. The molecule has 0 saturated carbocycles. The lowest BCUT2D eigenvalue weighted by Gasteiger charge is -2.14. The number of hydrogen-bond donors (Lipinski definition) is 3. The Morgan fingerprint density at radius 1 is 1.23 bits per heavy atom. The van der Waals surface area contributed by atoms with E-state index in [1.54, 1.807) is 36.4 Å². The Balaban J connectivity index is 1.91. The number of halogens is 2. The van der Waals surface area contributed by atoms with E-state index < -0.39 is 0 Å². The van der Waals surface area contributed by atoms with E-state index in [-0.39, 0.29) is 45.6 Å². The number of phenols is 1. The van der Waals surface area contributed by atoms with E-state index in [9.17, 15) is 5.11 Å². The standard InChI is InChI=1S/C18H13BrClN7O3/c1-29-12-6-8(19)5-11(15(12)28)13(25-21)14-16(22-10-4-2-3-9(20)7-10)24-18-17(23-14)26-30-27-18/h2-7,28H,21H2,1H3,(H,22,24,27). The van der Waals surface area contributed by atoms with Crippen molar-refractivity contribution in [3.63, 3.8) is 0 Å². The molecule has 0 aliphatic rings. The van der Waals surface area contributed by atoms with Crippen molar-refractivity contribution in [3.05, 3.63) is 57.2 Å². The van der Waals surface area contributed by atoms with Crippen molar-refractivity contribution in [2.24, 2.45) is 10.9 Å². The van der Waals surface area contributed by atoms with E-state index in [1.807, 2.05) is 0 Å². The molecule has 4 aromatic rings. The largest absolute Gasteiger partial charge is 0.504 e. The van der Waals surface area contributed by atoms with Crippen LogP contribution in [0.15, 0.2) is 50.6 Å². The molecular weight excluding hydrogens is 478 g/mol. The second kappa shape index (κ2) is 8.13. The molecule has 4 rings (SSSR count). The number of nitrogens with zero attached hydrogens (tertiary/aromatic N) is 5. The molecule has 0 aliphatic heterocycles. The molecule has 0 spiro atoms. The maximum atomic E-state index is 10.7. The van der Waals surface area contributed by atoms with Crippen molar-refractivity contribution in [1.29, 1.82) is 0 Å². The molecule has 0 bridgehead atoms. The van der Waals surface area contributed by atoms with Gasteiger partial charge in [-0.2, -0.15) is 5.10 Å². The molecule has 0 amide bonds. The van der Waals surface area contributed by atoms with Gasteiger partial charge in [0.25, 0.3) is 0 Å². The van der Waals surface area contributed by atoms with Gasteiger partial charge < -0.3 is 21.0 Å². The highest BCUT2D eigenvalue weighted by Gasteiger charge is 2.23. The SMILES string of the molecule is COc1cc(Br)cc(C(=NN)c2nc3nonc3nc2Nc2cccc(Cl)c2)c1O. The number of ether oxygens (including phenoxy) is 1. The van der Waals surface area contributed by atoms with Gasteiger partial charge in [-0.15, -0.1) is 0 Å². The highest BCUT2D eigenvalue weighted by atomic mass is 79.9. The molecule has 2 aromatic heterocycles. The Morgan fingerprint density at radius 3 is 2.70 bits per heavy atom. The van der Waals surface area contributed by atoms with Gasteiger partial charge in [0, 0.05) is 15.2 Å². The van der Waals surface area contributed by atoms with E-state index in [0.717, 1.165) is 0 Å². The molecule has 0 radical (unpaired) electrons. The van der Waals surface area contributed by atoms with Crippen LogP contribution in [-0.2, 0) is 0 Å². The summed E-state index contributed by atoms with van der Waals surface area (Å²) >= 11 is 9.46. The highest BCUT2D eigenvalue weighted by molar-refractivity contribution is 9.10. The van der Waals surface area contributed by atoms with Crippen LogP contribution in [0.1, 0.15) is 11.3 Å². The predicted octanol–water partition coefficient (Wildman–Crippen LogP) is 3.60. The third kappa shape index (κ3) is 3.72. The first-order chi connectivity index (χ1) is 14.5. The number of hydrazone groups is 1. The first-order valence-electron chi connectivity index (χ1n) is 8.38. The number of hydrogen-bond acceptors (Lipinski definition) is 10. The molecular formula is C18H13BrClN7O3. The average Bonchev–Trinajstić information content (AvgIpc) is 3.18. The van der Waals surface area contributed by atoms with Crippen molar-refractivity contribution in [1.82, 2.24) is 20.3 Å². The van der Waals surface area contributed by atoms with E-state index in [2.05, 4.69) is 46.6 Å². The summed E-state index contributed by atoms with van der Waals surface area (Å²) in [4.78, 5) is 8.83. The minimum Gasteiger partial charge on any atom is -0.504 e. The number of rotatable bonds is 5. The summed E-state index contributed by atoms with van der Waals surface area (Å²) in [6.45, 7) is 0. The number of methoxy groups -OCH3 is 1. The zero-order valence-corrected chi connectivity index (χ0v) is 17.6. The molecule has 10 nitrogen and oxygen atoms in total. The summed E-state index contributed by atoms with van der Waals surface area (Å²) in [7, 11) is 1.43. The topological polar surface area (TPSA) is 145 Å². The van der Waals surface area contributed by atoms with Crippen LogP contribution >= 0.6 is 27.5 Å². The lowest BCUT2D eigenvalue weighted by Crippen LogP contribution is -2.14. The van der Waals surface area contributed by atoms with Crippen molar-refractivity contribution >= 4 is 56.0 Å². The maximum Gasteiger partial charge on any atom is 0.245 e. The zero-order chi connectivity index (χ0) is 21.3. The number of nitrogens with one attached hydrogen (secondary N) is 1. The fourth-order valence-electron chi connectivity index (χ4n) is 2.76. The van der Waals surface area contributed by atoms with Crippen molar-refractivity contribution in [2.45, 2.75) is 0 Å². The van der Waals surface area contributed by atoms with Crippen LogP contribution in [0, 0.1) is 0 Å². The first-order valence-corrected chi connectivity index (χ1v) is 9.55. The highest BCUT2D eigenvalue weighted by Crippen LogP contribution is 2.36. The minimum atomic E-state index is -0.168. The summed E-state index contributed by atoms with van der Waals surface area (Å²) in [6.07, 6.45) is 0. The molecule has 152 valence electrons. The van der Waals surface area contributed by atoms with Crippen LogP contribution in [0.4, 0.5) is 11.5 Å². The predicted molar refractivity (Wildman–Crippen MR) is 114 cm³/mol. The Labute approximate surface area is 182 Å². The van der Waals surface area contributed by atoms with Crippen molar-refractivity contribution < 1.29 is 14.5 Å². The van der Waals surface area contributed by atoms with Gasteiger partial charge in [0.15, 0.2) is 17.3 Å². The molecule has 2 aromatic carbocycles. The van der Waals surface area contributed by atoms with Crippen LogP contribution in [0.2, 0.25) is 5.02 Å². The Hall–Kier alpha value is -3.44. The van der Waals surface area contributed by atoms with Gasteiger partial charge in [-0.1, -0.05) is 33.6 Å². The molecule has 2 heterocycles. The van der Waals surface area contributed by atoms with Gasteiger partial charge in [-0.25, -0.2) is 14.6 Å². The minimum absolute atomic E-state index is 0.133. The van der Waals surface area contributed by atoms with Gasteiger partial charge in [0.05, 0.1) is 12.7 Å². The van der Waals surface area contributed by atoms with Crippen molar-refractivity contribution in [3.8, 4) is 11.5 Å². The van der Waals surface area contributed by atoms with Crippen molar-refractivity contribution in [2.75, 3.05) is 12.4 Å². The number of phenolic OH excluding ortho intramolecular Hbond substituents is 1. The van der Waals surface area contributed by atoms with Gasteiger partial charge in [-0.05, 0) is 40.6 Å². The zero-order valence-electron chi connectivity index (χ0n) is 15.3. The second-order valence-corrected chi connectivity index (χ2v) is 7.30. The van der Waals surface area contributed by atoms with Gasteiger partial charge in [-0.3, -0.25) is 0 Å². The smallest absolute Gasteiger partial charge is 0.245 e. The number of benzene rings is 2. The summed E-state index contributed by atoms with van der Waals surface area (Å²) < 4.78 is 10.6. The first kappa shape index (κ1) is 19.9. The van der Waals surface area contributed by atoms with E-state index in [0.29, 0.717) is 15.2 Å². The van der Waals surface area contributed by atoms with Crippen LogP contribution in [0.5, 0.6) is 11.5 Å². The van der Waals surface area contributed by atoms with Gasteiger partial charge >= 0.3 is 0 Å². The molecule has 12 heteroatoms. The van der Waals surface area contributed by atoms with Gasteiger partial charge in [0.1, 0.15) is 11.4 Å². The van der Waals surface area contributed by atoms with Crippen LogP contribution in [-0.4, -0.2) is 38.2 Å². The maximum absolute atomic E-state index is 10.7. The molecule has 0 unspecified atom stereocenters. The molecule has 0 aliphatic carbocycles. The quantitative estimate of drug-likeness (QED) is 0.217. The third-order valence-electron chi connectivity index (χ3n) is 4.07. The number of aromatic nitrogens is 4. The number of aromatic hydroxyl groups is 1. The average molecular weight is 491 g/mol.